The predicted molar refractivity (Wildman–Crippen MR) is 139 cm³/mol. The second kappa shape index (κ2) is 9.07. The van der Waals surface area contributed by atoms with E-state index in [-0.39, 0.29) is 0 Å². The summed E-state index contributed by atoms with van der Waals surface area (Å²) in [6.07, 6.45) is 7.40. The Hall–Kier alpha value is -2.85. The van der Waals surface area contributed by atoms with Gasteiger partial charge in [-0.3, -0.25) is 0 Å². The van der Waals surface area contributed by atoms with Crippen LogP contribution in [0.5, 0.6) is 5.75 Å². The van der Waals surface area contributed by atoms with Crippen molar-refractivity contribution in [1.29, 1.82) is 0 Å². The summed E-state index contributed by atoms with van der Waals surface area (Å²) in [6, 6.07) is 15.6. The molecule has 0 amide bonds. The second-order valence-corrected chi connectivity index (χ2v) is 10.7. The summed E-state index contributed by atoms with van der Waals surface area (Å²) in [5, 5.41) is 13.6. The van der Waals surface area contributed by atoms with Crippen molar-refractivity contribution in [3.8, 4) is 16.9 Å². The van der Waals surface area contributed by atoms with Gasteiger partial charge in [0.15, 0.2) is 0 Å². The first-order chi connectivity index (χ1) is 16.3. The van der Waals surface area contributed by atoms with Crippen LogP contribution in [0.25, 0.3) is 11.1 Å². The summed E-state index contributed by atoms with van der Waals surface area (Å²) in [5.41, 5.74) is 8.56. The van der Waals surface area contributed by atoms with Crippen LogP contribution in [-0.2, 0) is 6.42 Å². The highest BCUT2D eigenvalue weighted by molar-refractivity contribution is 5.76. The van der Waals surface area contributed by atoms with E-state index in [2.05, 4.69) is 61.6 Å². The molecule has 0 bridgehead atoms. The summed E-state index contributed by atoms with van der Waals surface area (Å²) < 4.78 is 5.96. The minimum atomic E-state index is -0.714. The number of aliphatic hydroxyl groups is 1. The third-order valence-electron chi connectivity index (χ3n) is 7.19. The molecule has 2 aliphatic rings. The van der Waals surface area contributed by atoms with E-state index < -0.39 is 5.60 Å². The normalized spacial score (nSPS) is 17.5. The lowest BCUT2D eigenvalue weighted by atomic mass is 9.90. The van der Waals surface area contributed by atoms with Gasteiger partial charge < -0.3 is 15.2 Å². The molecule has 178 valence electrons. The summed E-state index contributed by atoms with van der Waals surface area (Å²) in [6.45, 7) is 8.47. The Morgan fingerprint density at radius 1 is 1.06 bits per heavy atom. The van der Waals surface area contributed by atoms with Gasteiger partial charge in [0.25, 0.3) is 0 Å². The standard InChI is InChI=1S/C30H36N2O2/c1-19-16-23(34-15-14-30(3,4)33)17-20(2)29(19)26-7-5-6-25-24(26)11-12-27(25)32-28-13-10-22(18-31-28)21-8-9-21/h5-7,10,13,16-18,21,27,33H,8-9,11-12,14-15H2,1-4H3,(H,31,32)/t27-/m1/s1. The molecule has 3 aromatic rings. The van der Waals surface area contributed by atoms with Crippen molar-refractivity contribution in [1.82, 2.24) is 4.98 Å². The van der Waals surface area contributed by atoms with Crippen molar-refractivity contribution >= 4 is 5.82 Å². The molecule has 5 rings (SSSR count). The monoisotopic (exact) mass is 456 g/mol. The van der Waals surface area contributed by atoms with E-state index in [1.165, 1.54) is 51.8 Å². The first-order valence-corrected chi connectivity index (χ1v) is 12.6. The van der Waals surface area contributed by atoms with E-state index in [1.54, 1.807) is 0 Å². The van der Waals surface area contributed by atoms with Crippen molar-refractivity contribution in [2.24, 2.45) is 0 Å². The number of anilines is 1. The van der Waals surface area contributed by atoms with Crippen molar-refractivity contribution in [3.05, 3.63) is 76.5 Å². The van der Waals surface area contributed by atoms with Crippen LogP contribution < -0.4 is 10.1 Å². The maximum Gasteiger partial charge on any atom is 0.126 e. The molecule has 1 fully saturated rings. The summed E-state index contributed by atoms with van der Waals surface area (Å²) >= 11 is 0. The highest BCUT2D eigenvalue weighted by Gasteiger charge is 2.27. The number of rotatable bonds is 8. The van der Waals surface area contributed by atoms with Crippen molar-refractivity contribution < 1.29 is 9.84 Å². The fraction of sp³-hybridized carbons (Fsp3) is 0.433. The van der Waals surface area contributed by atoms with Gasteiger partial charge in [0.2, 0.25) is 0 Å². The van der Waals surface area contributed by atoms with E-state index >= 15 is 0 Å². The fourth-order valence-electron chi connectivity index (χ4n) is 5.22. The van der Waals surface area contributed by atoms with Gasteiger partial charge in [0.05, 0.1) is 18.2 Å². The van der Waals surface area contributed by atoms with Crippen LogP contribution in [0.3, 0.4) is 0 Å². The second-order valence-electron chi connectivity index (χ2n) is 10.7. The molecule has 4 heteroatoms. The number of benzene rings is 2. The van der Waals surface area contributed by atoms with E-state index in [9.17, 15) is 5.11 Å². The molecule has 0 unspecified atom stereocenters. The van der Waals surface area contributed by atoms with E-state index in [1.807, 2.05) is 20.0 Å². The van der Waals surface area contributed by atoms with Crippen LogP contribution in [0.4, 0.5) is 5.82 Å². The van der Waals surface area contributed by atoms with Crippen molar-refractivity contribution in [2.45, 2.75) is 77.4 Å². The number of ether oxygens (including phenoxy) is 1. The zero-order chi connectivity index (χ0) is 23.9. The molecule has 34 heavy (non-hydrogen) atoms. The largest absolute Gasteiger partial charge is 0.493 e. The predicted octanol–water partition coefficient (Wildman–Crippen LogP) is 6.88. The van der Waals surface area contributed by atoms with Gasteiger partial charge in [-0.2, -0.15) is 0 Å². The van der Waals surface area contributed by atoms with Gasteiger partial charge >= 0.3 is 0 Å². The van der Waals surface area contributed by atoms with Crippen LogP contribution >= 0.6 is 0 Å². The highest BCUT2D eigenvalue weighted by Crippen LogP contribution is 2.42. The maximum absolute atomic E-state index is 9.95. The smallest absolute Gasteiger partial charge is 0.126 e. The molecule has 0 radical (unpaired) electrons. The van der Waals surface area contributed by atoms with Gasteiger partial charge in [-0.25, -0.2) is 4.98 Å². The summed E-state index contributed by atoms with van der Waals surface area (Å²) in [4.78, 5) is 4.69. The number of pyridine rings is 1. The molecular weight excluding hydrogens is 420 g/mol. The number of hydrogen-bond donors (Lipinski definition) is 2. The van der Waals surface area contributed by atoms with Gasteiger partial charge in [-0.05, 0) is 116 Å². The molecule has 0 spiro atoms. The Labute approximate surface area is 203 Å². The molecule has 1 saturated carbocycles. The maximum atomic E-state index is 9.95. The summed E-state index contributed by atoms with van der Waals surface area (Å²) in [7, 11) is 0. The van der Waals surface area contributed by atoms with Gasteiger partial charge in [0, 0.05) is 12.6 Å². The summed E-state index contributed by atoms with van der Waals surface area (Å²) in [5.74, 6) is 2.57. The minimum Gasteiger partial charge on any atom is -0.493 e. The molecule has 1 atom stereocenters. The Balaban J connectivity index is 1.36. The first-order valence-electron chi connectivity index (χ1n) is 12.6. The van der Waals surface area contributed by atoms with Crippen LogP contribution in [0.2, 0.25) is 0 Å². The average Bonchev–Trinajstić information content (AvgIpc) is 3.55. The number of nitrogens with zero attached hydrogens (tertiary/aromatic N) is 1. The Kier molecular flexibility index (Phi) is 6.11. The molecule has 4 nitrogen and oxygen atoms in total. The molecule has 2 aromatic carbocycles. The number of hydrogen-bond acceptors (Lipinski definition) is 4. The number of nitrogens with one attached hydrogen (secondary N) is 1. The minimum absolute atomic E-state index is 0.291. The lowest BCUT2D eigenvalue weighted by Gasteiger charge is -2.20. The van der Waals surface area contributed by atoms with E-state index in [4.69, 9.17) is 9.72 Å². The topological polar surface area (TPSA) is 54.4 Å². The lowest BCUT2D eigenvalue weighted by molar-refractivity contribution is 0.0553. The molecule has 1 aromatic heterocycles. The average molecular weight is 457 g/mol. The number of aromatic nitrogens is 1. The molecule has 2 aliphatic carbocycles. The quantitative estimate of drug-likeness (QED) is 0.388. The van der Waals surface area contributed by atoms with E-state index in [0.717, 1.165) is 30.3 Å². The lowest BCUT2D eigenvalue weighted by Crippen LogP contribution is -2.21. The molecule has 0 aliphatic heterocycles. The Morgan fingerprint density at radius 2 is 1.82 bits per heavy atom. The van der Waals surface area contributed by atoms with Gasteiger partial charge in [0.1, 0.15) is 11.6 Å². The number of fused-ring (bicyclic) bond motifs is 1. The van der Waals surface area contributed by atoms with Gasteiger partial charge in [-0.1, -0.05) is 24.3 Å². The van der Waals surface area contributed by atoms with Crippen molar-refractivity contribution in [2.75, 3.05) is 11.9 Å². The zero-order valence-electron chi connectivity index (χ0n) is 20.8. The highest BCUT2D eigenvalue weighted by atomic mass is 16.5. The first kappa shape index (κ1) is 22.9. The Bertz CT molecular complexity index is 1150. The molecular formula is C30H36N2O2. The molecule has 0 saturated heterocycles. The zero-order valence-corrected chi connectivity index (χ0v) is 20.8. The van der Waals surface area contributed by atoms with Crippen molar-refractivity contribution in [3.63, 3.8) is 0 Å². The van der Waals surface area contributed by atoms with Crippen LogP contribution in [0.1, 0.15) is 79.3 Å². The third kappa shape index (κ3) is 4.97. The molecule has 1 heterocycles. The Morgan fingerprint density at radius 3 is 2.47 bits per heavy atom. The number of aryl methyl sites for hydroxylation is 2. The SMILES string of the molecule is Cc1cc(OCCC(C)(C)O)cc(C)c1-c1cccc2c1CC[C@H]2Nc1ccc(C2CC2)cn1. The third-order valence-corrected chi connectivity index (χ3v) is 7.19. The van der Waals surface area contributed by atoms with Gasteiger partial charge in [-0.15, -0.1) is 0 Å². The van der Waals surface area contributed by atoms with Crippen LogP contribution in [0, 0.1) is 13.8 Å². The van der Waals surface area contributed by atoms with E-state index in [0.29, 0.717) is 19.1 Å². The molecule has 2 N–H and O–H groups in total. The van der Waals surface area contributed by atoms with Crippen LogP contribution in [0.15, 0.2) is 48.7 Å². The fourth-order valence-corrected chi connectivity index (χ4v) is 5.22. The van der Waals surface area contributed by atoms with Crippen LogP contribution in [-0.4, -0.2) is 22.3 Å².